The molecule has 30 heavy (non-hydrogen) atoms. The highest BCUT2D eigenvalue weighted by molar-refractivity contribution is 9.09. The van der Waals surface area contributed by atoms with Crippen LogP contribution in [0, 0.1) is 5.92 Å². The van der Waals surface area contributed by atoms with Gasteiger partial charge in [0.25, 0.3) is 0 Å². The molecule has 0 aromatic heterocycles. The van der Waals surface area contributed by atoms with Crippen LogP contribution in [0.25, 0.3) is 5.57 Å². The Balaban J connectivity index is 1.73. The van der Waals surface area contributed by atoms with E-state index >= 15 is 0 Å². The van der Waals surface area contributed by atoms with Gasteiger partial charge in [0.05, 0.1) is 0 Å². The lowest BCUT2D eigenvalue weighted by atomic mass is 9.85. The molecule has 0 spiro atoms. The smallest absolute Gasteiger partial charge is 0.0283 e. The number of rotatable bonds is 14. The van der Waals surface area contributed by atoms with Crippen LogP contribution in [0.2, 0.25) is 0 Å². The lowest BCUT2D eigenvalue weighted by Crippen LogP contribution is -2.05. The van der Waals surface area contributed by atoms with E-state index in [9.17, 15) is 0 Å². The van der Waals surface area contributed by atoms with Crippen molar-refractivity contribution in [1.29, 1.82) is 0 Å². The summed E-state index contributed by atoms with van der Waals surface area (Å²) in [5.74, 6) is 2.20. The van der Waals surface area contributed by atoms with E-state index in [0.29, 0.717) is 5.92 Å². The predicted octanol–water partition coefficient (Wildman–Crippen LogP) is 9.76. The molecule has 2 aromatic carbocycles. The van der Waals surface area contributed by atoms with Crippen molar-refractivity contribution in [3.63, 3.8) is 0 Å². The van der Waals surface area contributed by atoms with Gasteiger partial charge in [0.15, 0.2) is 0 Å². The Morgan fingerprint density at radius 2 is 1.50 bits per heavy atom. The number of unbranched alkanes of at least 4 members (excludes halogenated alkanes) is 2. The molecule has 0 radical (unpaired) electrons. The highest BCUT2D eigenvalue weighted by Crippen LogP contribution is 2.30. The average molecular weight is 470 g/mol. The van der Waals surface area contributed by atoms with E-state index in [0.717, 1.165) is 22.7 Å². The van der Waals surface area contributed by atoms with E-state index in [4.69, 9.17) is 0 Å². The van der Waals surface area contributed by atoms with Crippen molar-refractivity contribution < 1.29 is 0 Å². The van der Waals surface area contributed by atoms with Gasteiger partial charge in [-0.25, -0.2) is 0 Å². The highest BCUT2D eigenvalue weighted by atomic mass is 79.9. The quantitative estimate of drug-likeness (QED) is 0.191. The minimum atomic E-state index is 0.629. The second kappa shape index (κ2) is 13.9. The van der Waals surface area contributed by atoms with Crippen LogP contribution < -0.4 is 0 Å². The molecule has 2 rings (SSSR count). The SMILES string of the molecule is C=C(CBr)c1ccc(C(C)CC(CC)CCCCCC(CC)c2ccccc2)cc1. The topological polar surface area (TPSA) is 0 Å². The number of alkyl halides is 1. The summed E-state index contributed by atoms with van der Waals surface area (Å²) in [4.78, 5) is 0. The van der Waals surface area contributed by atoms with E-state index < -0.39 is 0 Å². The molecule has 0 bridgehead atoms. The molecule has 0 N–H and O–H groups in total. The van der Waals surface area contributed by atoms with Crippen LogP contribution in [-0.2, 0) is 0 Å². The Morgan fingerprint density at radius 3 is 2.10 bits per heavy atom. The van der Waals surface area contributed by atoms with Gasteiger partial charge in [-0.15, -0.1) is 0 Å². The van der Waals surface area contributed by atoms with Crippen molar-refractivity contribution in [2.45, 2.75) is 84.0 Å². The molecule has 164 valence electrons. The molecule has 0 saturated heterocycles. The van der Waals surface area contributed by atoms with Crippen molar-refractivity contribution in [2.75, 3.05) is 5.33 Å². The fourth-order valence-electron chi connectivity index (χ4n) is 4.58. The Kier molecular flexibility index (Phi) is 11.5. The summed E-state index contributed by atoms with van der Waals surface area (Å²) in [6, 6.07) is 20.1. The molecule has 0 aliphatic rings. The molecule has 3 unspecified atom stereocenters. The standard InChI is InChI=1S/C29H41Br/c1-5-25(21-23(3)27-17-19-28(20-18-27)24(4)22-30)13-9-7-10-14-26(6-2)29-15-11-8-12-16-29/h8,11-12,15-20,23,25-26H,4-7,9-10,13-14,21-22H2,1-3H3. The minimum absolute atomic E-state index is 0.629. The van der Waals surface area contributed by atoms with Crippen LogP contribution in [0.3, 0.4) is 0 Å². The summed E-state index contributed by atoms with van der Waals surface area (Å²) in [7, 11) is 0. The van der Waals surface area contributed by atoms with Gasteiger partial charge in [0.2, 0.25) is 0 Å². The molecular weight excluding hydrogens is 428 g/mol. The van der Waals surface area contributed by atoms with E-state index in [1.807, 2.05) is 0 Å². The van der Waals surface area contributed by atoms with Gasteiger partial charge in [0, 0.05) is 5.33 Å². The van der Waals surface area contributed by atoms with E-state index in [2.05, 4.69) is 97.9 Å². The van der Waals surface area contributed by atoms with Crippen LogP contribution in [0.5, 0.6) is 0 Å². The number of benzene rings is 2. The van der Waals surface area contributed by atoms with Crippen LogP contribution >= 0.6 is 15.9 Å². The Bertz CT molecular complexity index is 716. The second-order valence-electron chi connectivity index (χ2n) is 8.92. The Labute approximate surface area is 194 Å². The number of hydrogen-bond acceptors (Lipinski definition) is 0. The molecule has 2 aromatic rings. The van der Waals surface area contributed by atoms with Crippen molar-refractivity contribution >= 4 is 21.5 Å². The third-order valence-corrected chi connectivity index (χ3v) is 7.42. The molecular formula is C29H41Br. The van der Waals surface area contributed by atoms with E-state index in [-0.39, 0.29) is 0 Å². The summed E-state index contributed by atoms with van der Waals surface area (Å²) in [5.41, 5.74) is 5.38. The zero-order chi connectivity index (χ0) is 21.8. The molecule has 0 fully saturated rings. The summed E-state index contributed by atoms with van der Waals surface area (Å²) in [5, 5.41) is 0.837. The van der Waals surface area contributed by atoms with E-state index in [1.165, 1.54) is 68.1 Å². The van der Waals surface area contributed by atoms with Crippen molar-refractivity contribution in [2.24, 2.45) is 5.92 Å². The lowest BCUT2D eigenvalue weighted by Gasteiger charge is -2.21. The number of hydrogen-bond donors (Lipinski definition) is 0. The highest BCUT2D eigenvalue weighted by Gasteiger charge is 2.14. The van der Waals surface area contributed by atoms with Gasteiger partial charge >= 0.3 is 0 Å². The van der Waals surface area contributed by atoms with Crippen LogP contribution in [-0.4, -0.2) is 5.33 Å². The normalized spacial score (nSPS) is 14.3. The van der Waals surface area contributed by atoms with Crippen LogP contribution in [0.15, 0.2) is 61.2 Å². The fourth-order valence-corrected chi connectivity index (χ4v) is 4.91. The first kappa shape index (κ1) is 24.9. The zero-order valence-electron chi connectivity index (χ0n) is 19.4. The van der Waals surface area contributed by atoms with Crippen LogP contribution in [0.4, 0.5) is 0 Å². The first-order valence-electron chi connectivity index (χ1n) is 12.0. The number of allylic oxidation sites excluding steroid dienone is 1. The Hall–Kier alpha value is -1.34. The maximum absolute atomic E-state index is 4.11. The molecule has 0 aliphatic carbocycles. The van der Waals surface area contributed by atoms with Gasteiger partial charge in [-0.1, -0.05) is 130 Å². The maximum atomic E-state index is 4.11. The van der Waals surface area contributed by atoms with Crippen molar-refractivity contribution in [3.05, 3.63) is 77.9 Å². The third-order valence-electron chi connectivity index (χ3n) is 6.74. The lowest BCUT2D eigenvalue weighted by molar-refractivity contribution is 0.386. The largest absolute Gasteiger partial charge is 0.0944 e. The van der Waals surface area contributed by atoms with Gasteiger partial charge in [-0.2, -0.15) is 0 Å². The molecule has 1 heteroatoms. The van der Waals surface area contributed by atoms with Gasteiger partial charge in [0.1, 0.15) is 0 Å². The minimum Gasteiger partial charge on any atom is -0.0944 e. The summed E-state index contributed by atoms with van der Waals surface area (Å²) in [6.07, 6.45) is 10.7. The molecule has 3 atom stereocenters. The summed E-state index contributed by atoms with van der Waals surface area (Å²) in [6.45, 7) is 11.2. The Morgan fingerprint density at radius 1 is 0.833 bits per heavy atom. The molecule has 0 amide bonds. The van der Waals surface area contributed by atoms with Gasteiger partial charge in [-0.05, 0) is 59.3 Å². The summed E-state index contributed by atoms with van der Waals surface area (Å²) >= 11 is 3.50. The summed E-state index contributed by atoms with van der Waals surface area (Å²) < 4.78 is 0. The zero-order valence-corrected chi connectivity index (χ0v) is 21.0. The molecule has 0 saturated carbocycles. The van der Waals surface area contributed by atoms with Crippen LogP contribution in [0.1, 0.15) is 101 Å². The molecule has 0 nitrogen and oxygen atoms in total. The monoisotopic (exact) mass is 468 g/mol. The first-order chi connectivity index (χ1) is 14.6. The van der Waals surface area contributed by atoms with Crippen molar-refractivity contribution in [1.82, 2.24) is 0 Å². The molecule has 0 heterocycles. The second-order valence-corrected chi connectivity index (χ2v) is 9.48. The van der Waals surface area contributed by atoms with Gasteiger partial charge in [-0.3, -0.25) is 0 Å². The first-order valence-corrected chi connectivity index (χ1v) is 13.1. The number of halogens is 1. The third kappa shape index (κ3) is 8.06. The predicted molar refractivity (Wildman–Crippen MR) is 139 cm³/mol. The van der Waals surface area contributed by atoms with E-state index in [1.54, 1.807) is 0 Å². The fraction of sp³-hybridized carbons (Fsp3) is 0.517. The van der Waals surface area contributed by atoms with Crippen molar-refractivity contribution in [3.8, 4) is 0 Å². The van der Waals surface area contributed by atoms with Gasteiger partial charge < -0.3 is 0 Å². The maximum Gasteiger partial charge on any atom is 0.0283 e. The molecule has 0 aliphatic heterocycles. The average Bonchev–Trinajstić information content (AvgIpc) is 2.80.